The van der Waals surface area contributed by atoms with Crippen LogP contribution in [-0.2, 0) is 4.79 Å². The standard InChI is InChI=1S/C16H12ClFN4O2/c1-9(15(23)19-10-6-7-13(18)12(17)8-10)22-16(24)11-4-2-3-5-14(11)20-21-22/h2-9H,1H3,(H,19,23). The summed E-state index contributed by atoms with van der Waals surface area (Å²) < 4.78 is 14.2. The third-order valence-electron chi connectivity index (χ3n) is 3.52. The molecular weight excluding hydrogens is 335 g/mol. The van der Waals surface area contributed by atoms with Crippen LogP contribution in [0.1, 0.15) is 13.0 Å². The second-order valence-corrected chi connectivity index (χ2v) is 5.56. The normalized spacial score (nSPS) is 12.1. The van der Waals surface area contributed by atoms with E-state index in [1.165, 1.54) is 19.1 Å². The van der Waals surface area contributed by atoms with Gasteiger partial charge in [0.05, 0.1) is 10.4 Å². The van der Waals surface area contributed by atoms with Crippen molar-refractivity contribution >= 4 is 34.1 Å². The third-order valence-corrected chi connectivity index (χ3v) is 3.81. The molecule has 1 unspecified atom stereocenters. The lowest BCUT2D eigenvalue weighted by Gasteiger charge is -2.14. The van der Waals surface area contributed by atoms with E-state index in [0.29, 0.717) is 16.6 Å². The number of carbonyl (C=O) groups is 1. The highest BCUT2D eigenvalue weighted by Gasteiger charge is 2.19. The van der Waals surface area contributed by atoms with Crippen molar-refractivity contribution in [2.24, 2.45) is 0 Å². The third kappa shape index (κ3) is 2.98. The molecule has 1 N–H and O–H groups in total. The molecule has 8 heteroatoms. The first-order chi connectivity index (χ1) is 11.5. The molecule has 3 aromatic rings. The molecule has 1 atom stereocenters. The average molecular weight is 347 g/mol. The maximum atomic E-state index is 13.2. The van der Waals surface area contributed by atoms with E-state index in [1.54, 1.807) is 24.3 Å². The van der Waals surface area contributed by atoms with E-state index in [-0.39, 0.29) is 5.02 Å². The van der Waals surface area contributed by atoms with Crippen molar-refractivity contribution in [1.29, 1.82) is 0 Å². The predicted octanol–water partition coefficient (Wildman–Crippen LogP) is 2.78. The van der Waals surface area contributed by atoms with E-state index in [0.717, 1.165) is 10.7 Å². The fraction of sp³-hybridized carbons (Fsp3) is 0.125. The molecule has 24 heavy (non-hydrogen) atoms. The van der Waals surface area contributed by atoms with E-state index >= 15 is 0 Å². The topological polar surface area (TPSA) is 76.9 Å². The fourth-order valence-corrected chi connectivity index (χ4v) is 2.37. The minimum atomic E-state index is -0.904. The van der Waals surface area contributed by atoms with Crippen LogP contribution in [-0.4, -0.2) is 20.9 Å². The van der Waals surface area contributed by atoms with Crippen LogP contribution in [0.5, 0.6) is 0 Å². The summed E-state index contributed by atoms with van der Waals surface area (Å²) >= 11 is 5.68. The zero-order valence-electron chi connectivity index (χ0n) is 12.5. The van der Waals surface area contributed by atoms with Gasteiger partial charge in [0, 0.05) is 5.69 Å². The number of aromatic nitrogens is 3. The lowest BCUT2D eigenvalue weighted by atomic mass is 10.2. The van der Waals surface area contributed by atoms with Crippen molar-refractivity contribution in [3.8, 4) is 0 Å². The zero-order chi connectivity index (χ0) is 17.3. The predicted molar refractivity (Wildman–Crippen MR) is 88.5 cm³/mol. The van der Waals surface area contributed by atoms with Crippen LogP contribution in [0.2, 0.25) is 5.02 Å². The lowest BCUT2D eigenvalue weighted by molar-refractivity contribution is -0.119. The molecule has 0 saturated carbocycles. The number of anilines is 1. The molecule has 6 nitrogen and oxygen atoms in total. The van der Waals surface area contributed by atoms with Gasteiger partial charge in [0.25, 0.3) is 5.56 Å². The van der Waals surface area contributed by atoms with Crippen LogP contribution in [0.25, 0.3) is 10.9 Å². The summed E-state index contributed by atoms with van der Waals surface area (Å²) in [5.74, 6) is -1.08. The van der Waals surface area contributed by atoms with Gasteiger partial charge in [-0.05, 0) is 37.3 Å². The monoisotopic (exact) mass is 346 g/mol. The summed E-state index contributed by atoms with van der Waals surface area (Å²) in [5, 5.41) is 10.6. The number of hydrogen-bond donors (Lipinski definition) is 1. The van der Waals surface area contributed by atoms with Crippen molar-refractivity contribution in [3.63, 3.8) is 0 Å². The van der Waals surface area contributed by atoms with Gasteiger partial charge < -0.3 is 5.32 Å². The molecule has 0 aliphatic carbocycles. The lowest BCUT2D eigenvalue weighted by Crippen LogP contribution is -2.34. The first-order valence-electron chi connectivity index (χ1n) is 7.07. The molecule has 0 bridgehead atoms. The van der Waals surface area contributed by atoms with Crippen LogP contribution < -0.4 is 10.9 Å². The van der Waals surface area contributed by atoms with Crippen LogP contribution in [0.3, 0.4) is 0 Å². The Balaban J connectivity index is 1.89. The molecule has 3 rings (SSSR count). The number of rotatable bonds is 3. The number of benzene rings is 2. The first-order valence-corrected chi connectivity index (χ1v) is 7.45. The molecule has 0 saturated heterocycles. The van der Waals surface area contributed by atoms with Crippen molar-refractivity contribution in [2.45, 2.75) is 13.0 Å². The molecule has 0 spiro atoms. The summed E-state index contributed by atoms with van der Waals surface area (Å²) in [4.78, 5) is 24.8. The van der Waals surface area contributed by atoms with Crippen molar-refractivity contribution < 1.29 is 9.18 Å². The first kappa shape index (κ1) is 16.1. The Morgan fingerprint density at radius 2 is 2.04 bits per heavy atom. The maximum Gasteiger partial charge on any atom is 0.278 e. The van der Waals surface area contributed by atoms with Gasteiger partial charge in [0.2, 0.25) is 5.91 Å². The molecule has 0 radical (unpaired) electrons. The Morgan fingerprint density at radius 3 is 2.79 bits per heavy atom. The van der Waals surface area contributed by atoms with Crippen LogP contribution in [0.15, 0.2) is 47.3 Å². The highest BCUT2D eigenvalue weighted by atomic mass is 35.5. The van der Waals surface area contributed by atoms with Crippen molar-refractivity contribution in [2.75, 3.05) is 5.32 Å². The number of fused-ring (bicyclic) bond motifs is 1. The molecule has 0 aliphatic heterocycles. The number of halogens is 2. The fourth-order valence-electron chi connectivity index (χ4n) is 2.19. The van der Waals surface area contributed by atoms with E-state index in [9.17, 15) is 14.0 Å². The quantitative estimate of drug-likeness (QED) is 0.791. The number of carbonyl (C=O) groups excluding carboxylic acids is 1. The van der Waals surface area contributed by atoms with Gasteiger partial charge in [-0.15, -0.1) is 5.10 Å². The van der Waals surface area contributed by atoms with E-state index < -0.39 is 23.3 Å². The van der Waals surface area contributed by atoms with Crippen molar-refractivity contribution in [3.05, 3.63) is 63.7 Å². The summed E-state index contributed by atoms with van der Waals surface area (Å²) in [5.41, 5.74) is 0.358. The minimum Gasteiger partial charge on any atom is -0.324 e. The largest absolute Gasteiger partial charge is 0.324 e. The smallest absolute Gasteiger partial charge is 0.278 e. The second-order valence-electron chi connectivity index (χ2n) is 5.15. The Morgan fingerprint density at radius 1 is 1.29 bits per heavy atom. The number of nitrogens with one attached hydrogen (secondary N) is 1. The van der Waals surface area contributed by atoms with Crippen molar-refractivity contribution in [1.82, 2.24) is 15.0 Å². The molecule has 122 valence electrons. The molecule has 1 amide bonds. The average Bonchev–Trinajstić information content (AvgIpc) is 2.58. The summed E-state index contributed by atoms with van der Waals surface area (Å²) in [7, 11) is 0. The number of hydrogen-bond acceptors (Lipinski definition) is 4. The van der Waals surface area contributed by atoms with Gasteiger partial charge in [-0.2, -0.15) is 4.68 Å². The van der Waals surface area contributed by atoms with E-state index in [4.69, 9.17) is 11.6 Å². The van der Waals surface area contributed by atoms with Gasteiger partial charge in [0.15, 0.2) is 0 Å². The maximum absolute atomic E-state index is 13.2. The van der Waals surface area contributed by atoms with Crippen LogP contribution >= 0.6 is 11.6 Å². The number of amides is 1. The molecule has 2 aromatic carbocycles. The van der Waals surface area contributed by atoms with Gasteiger partial charge in [-0.3, -0.25) is 9.59 Å². The second kappa shape index (κ2) is 6.37. The SMILES string of the molecule is CC(C(=O)Nc1ccc(F)c(Cl)c1)n1nnc2ccccc2c1=O. The highest BCUT2D eigenvalue weighted by molar-refractivity contribution is 6.31. The molecule has 1 heterocycles. The molecular formula is C16H12ClFN4O2. The molecule has 0 aliphatic rings. The zero-order valence-corrected chi connectivity index (χ0v) is 13.3. The molecule has 0 fully saturated rings. The number of nitrogens with zero attached hydrogens (tertiary/aromatic N) is 3. The van der Waals surface area contributed by atoms with Gasteiger partial charge >= 0.3 is 0 Å². The summed E-state index contributed by atoms with van der Waals surface area (Å²) in [6, 6.07) is 9.64. The van der Waals surface area contributed by atoms with E-state index in [1.807, 2.05) is 0 Å². The minimum absolute atomic E-state index is 0.108. The highest BCUT2D eigenvalue weighted by Crippen LogP contribution is 2.20. The van der Waals surface area contributed by atoms with E-state index in [2.05, 4.69) is 15.6 Å². The van der Waals surface area contributed by atoms with Crippen LogP contribution in [0.4, 0.5) is 10.1 Å². The Hall–Kier alpha value is -2.80. The van der Waals surface area contributed by atoms with Gasteiger partial charge in [0.1, 0.15) is 17.4 Å². The molecule has 1 aromatic heterocycles. The Labute approximate surface area is 140 Å². The summed E-state index contributed by atoms with van der Waals surface area (Å²) in [6.07, 6.45) is 0. The summed E-state index contributed by atoms with van der Waals surface area (Å²) in [6.45, 7) is 1.52. The Bertz CT molecular complexity index is 989. The van der Waals surface area contributed by atoms with Gasteiger partial charge in [-0.1, -0.05) is 28.9 Å². The van der Waals surface area contributed by atoms with Gasteiger partial charge in [-0.25, -0.2) is 4.39 Å². The van der Waals surface area contributed by atoms with Crippen LogP contribution in [0, 0.1) is 5.82 Å². The Kier molecular flexibility index (Phi) is 4.26.